The van der Waals surface area contributed by atoms with E-state index in [1.54, 1.807) is 29.9 Å². The van der Waals surface area contributed by atoms with Gasteiger partial charge in [-0.1, -0.05) is 31.5 Å². The summed E-state index contributed by atoms with van der Waals surface area (Å²) in [4.78, 5) is 11.6. The first-order valence-electron chi connectivity index (χ1n) is 6.50. The largest absolute Gasteiger partial charge is 0.495 e. The molecule has 0 saturated carbocycles. The highest BCUT2D eigenvalue weighted by atomic mass is 35.5. The number of aryl methyl sites for hydroxylation is 1. The number of benzene rings is 1. The molecule has 6 heteroatoms. The van der Waals surface area contributed by atoms with Gasteiger partial charge in [0.05, 0.1) is 17.8 Å². The van der Waals surface area contributed by atoms with Crippen molar-refractivity contribution in [2.24, 2.45) is 7.05 Å². The number of methoxy groups -OCH3 is 1. The van der Waals surface area contributed by atoms with Crippen LogP contribution in [0.15, 0.2) is 18.2 Å². The first-order valence-corrected chi connectivity index (χ1v) is 6.88. The molecule has 21 heavy (non-hydrogen) atoms. The van der Waals surface area contributed by atoms with Crippen molar-refractivity contribution in [2.45, 2.75) is 19.8 Å². The van der Waals surface area contributed by atoms with Crippen molar-refractivity contribution in [2.75, 3.05) is 7.11 Å². The molecule has 1 aromatic carbocycles. The Labute approximate surface area is 128 Å². The van der Waals surface area contributed by atoms with Crippen LogP contribution in [0.2, 0.25) is 5.02 Å². The summed E-state index contributed by atoms with van der Waals surface area (Å²) >= 11 is 6.01. The monoisotopic (exact) mass is 308 g/mol. The molecule has 0 spiro atoms. The molecule has 0 amide bonds. The summed E-state index contributed by atoms with van der Waals surface area (Å²) in [6.07, 6.45) is 0. The van der Waals surface area contributed by atoms with Crippen LogP contribution in [-0.4, -0.2) is 28.0 Å². The van der Waals surface area contributed by atoms with Gasteiger partial charge in [0.25, 0.3) is 0 Å². The number of aromatic carboxylic acids is 1. The highest BCUT2D eigenvalue weighted by Gasteiger charge is 2.25. The molecule has 0 fully saturated rings. The van der Waals surface area contributed by atoms with Gasteiger partial charge < -0.3 is 9.84 Å². The quantitative estimate of drug-likeness (QED) is 0.937. The predicted molar refractivity (Wildman–Crippen MR) is 81.3 cm³/mol. The standard InChI is InChI=1S/C15H17ClN2O3/c1-8(2)14-12(15(19)20)13(17-18(14)3)9-5-6-10(16)11(7-9)21-4/h5-8H,1-4H3,(H,19,20). The summed E-state index contributed by atoms with van der Waals surface area (Å²) in [6.45, 7) is 3.88. The van der Waals surface area contributed by atoms with E-state index in [0.29, 0.717) is 27.7 Å². The molecule has 0 bridgehead atoms. The molecule has 112 valence electrons. The Morgan fingerprint density at radius 2 is 2.10 bits per heavy atom. The van der Waals surface area contributed by atoms with Crippen LogP contribution < -0.4 is 4.74 Å². The second-order valence-electron chi connectivity index (χ2n) is 5.04. The molecule has 2 aromatic rings. The third-order valence-corrected chi connectivity index (χ3v) is 3.59. The number of carboxylic acids is 1. The van der Waals surface area contributed by atoms with Crippen LogP contribution in [0.5, 0.6) is 5.75 Å². The number of hydrogen-bond donors (Lipinski definition) is 1. The molecule has 2 rings (SSSR count). The molecule has 0 aliphatic rings. The Balaban J connectivity index is 2.69. The molecule has 0 atom stereocenters. The van der Waals surface area contributed by atoms with Crippen LogP contribution in [0.3, 0.4) is 0 Å². The molecule has 1 heterocycles. The lowest BCUT2D eigenvalue weighted by Gasteiger charge is -2.07. The van der Waals surface area contributed by atoms with Crippen molar-refractivity contribution >= 4 is 17.6 Å². The fourth-order valence-corrected chi connectivity index (χ4v) is 2.61. The Morgan fingerprint density at radius 3 is 2.62 bits per heavy atom. The van der Waals surface area contributed by atoms with Crippen LogP contribution in [0, 0.1) is 0 Å². The molecular weight excluding hydrogens is 292 g/mol. The minimum Gasteiger partial charge on any atom is -0.495 e. The van der Waals surface area contributed by atoms with Gasteiger partial charge in [-0.3, -0.25) is 4.68 Å². The molecular formula is C15H17ClN2O3. The second kappa shape index (κ2) is 5.77. The summed E-state index contributed by atoms with van der Waals surface area (Å²) < 4.78 is 6.79. The fraction of sp³-hybridized carbons (Fsp3) is 0.333. The van der Waals surface area contributed by atoms with Crippen LogP contribution in [0.1, 0.15) is 35.8 Å². The average molecular weight is 309 g/mol. The van der Waals surface area contributed by atoms with Crippen molar-refractivity contribution in [1.29, 1.82) is 0 Å². The summed E-state index contributed by atoms with van der Waals surface area (Å²) in [5.41, 5.74) is 1.99. The van der Waals surface area contributed by atoms with E-state index in [0.717, 1.165) is 0 Å². The zero-order valence-corrected chi connectivity index (χ0v) is 13.1. The number of aromatic nitrogens is 2. The second-order valence-corrected chi connectivity index (χ2v) is 5.45. The number of rotatable bonds is 4. The van der Waals surface area contributed by atoms with Crippen LogP contribution in [0.4, 0.5) is 0 Å². The van der Waals surface area contributed by atoms with Gasteiger partial charge in [-0.2, -0.15) is 5.10 Å². The van der Waals surface area contributed by atoms with Crippen LogP contribution in [0.25, 0.3) is 11.3 Å². The minimum absolute atomic E-state index is 0.0524. The maximum Gasteiger partial charge on any atom is 0.339 e. The minimum atomic E-state index is -0.990. The number of carbonyl (C=O) groups is 1. The van der Waals surface area contributed by atoms with Crippen molar-refractivity contribution < 1.29 is 14.6 Å². The number of hydrogen-bond acceptors (Lipinski definition) is 3. The van der Waals surface area contributed by atoms with Crippen molar-refractivity contribution in [3.05, 3.63) is 34.5 Å². The van der Waals surface area contributed by atoms with Crippen molar-refractivity contribution in [1.82, 2.24) is 9.78 Å². The Morgan fingerprint density at radius 1 is 1.43 bits per heavy atom. The lowest BCUT2D eigenvalue weighted by Crippen LogP contribution is -2.06. The van der Waals surface area contributed by atoms with E-state index in [9.17, 15) is 9.90 Å². The predicted octanol–water partition coefficient (Wildman–Crippen LogP) is 3.57. The van der Waals surface area contributed by atoms with E-state index < -0.39 is 5.97 Å². The van der Waals surface area contributed by atoms with Gasteiger partial charge in [-0.25, -0.2) is 4.79 Å². The van der Waals surface area contributed by atoms with Crippen molar-refractivity contribution in [3.8, 4) is 17.0 Å². The topological polar surface area (TPSA) is 64.4 Å². The number of ether oxygens (including phenoxy) is 1. The first kappa shape index (κ1) is 15.4. The van der Waals surface area contributed by atoms with Gasteiger partial charge >= 0.3 is 5.97 Å². The smallest absolute Gasteiger partial charge is 0.339 e. The fourth-order valence-electron chi connectivity index (χ4n) is 2.42. The molecule has 1 N–H and O–H groups in total. The Hall–Kier alpha value is -2.01. The Bertz CT molecular complexity index is 692. The third-order valence-electron chi connectivity index (χ3n) is 3.28. The molecule has 0 unspecified atom stereocenters. The summed E-state index contributed by atoms with van der Waals surface area (Å²) in [5.74, 6) is -0.450. The van der Waals surface area contributed by atoms with Gasteiger partial charge in [0.1, 0.15) is 17.0 Å². The normalized spacial score (nSPS) is 11.0. The van der Waals surface area contributed by atoms with Gasteiger partial charge in [0.15, 0.2) is 0 Å². The highest BCUT2D eigenvalue weighted by Crippen LogP contribution is 2.34. The van der Waals surface area contributed by atoms with E-state index in [-0.39, 0.29) is 11.5 Å². The molecule has 0 aliphatic carbocycles. The molecule has 5 nitrogen and oxygen atoms in total. The van der Waals surface area contributed by atoms with E-state index >= 15 is 0 Å². The Kier molecular flexibility index (Phi) is 4.23. The number of carboxylic acid groups (broad SMARTS) is 1. The third kappa shape index (κ3) is 2.74. The average Bonchev–Trinajstić information content (AvgIpc) is 2.77. The van der Waals surface area contributed by atoms with Gasteiger partial charge in [-0.15, -0.1) is 0 Å². The van der Waals surface area contributed by atoms with E-state index in [4.69, 9.17) is 16.3 Å². The van der Waals surface area contributed by atoms with Crippen LogP contribution in [-0.2, 0) is 7.05 Å². The van der Waals surface area contributed by atoms with E-state index in [2.05, 4.69) is 5.10 Å². The number of nitrogens with zero attached hydrogens (tertiary/aromatic N) is 2. The van der Waals surface area contributed by atoms with Crippen molar-refractivity contribution in [3.63, 3.8) is 0 Å². The molecule has 1 aromatic heterocycles. The molecule has 0 saturated heterocycles. The molecule has 0 aliphatic heterocycles. The number of halogens is 1. The summed E-state index contributed by atoms with van der Waals surface area (Å²) in [7, 11) is 3.26. The van der Waals surface area contributed by atoms with Gasteiger partial charge in [-0.05, 0) is 18.1 Å². The lowest BCUT2D eigenvalue weighted by molar-refractivity contribution is 0.0696. The first-order chi connectivity index (χ1) is 9.86. The van der Waals surface area contributed by atoms with E-state index in [1.165, 1.54) is 7.11 Å². The lowest BCUT2D eigenvalue weighted by atomic mass is 10.00. The SMILES string of the molecule is COc1cc(-c2nn(C)c(C(C)C)c2C(=O)O)ccc1Cl. The van der Waals surface area contributed by atoms with E-state index in [1.807, 2.05) is 13.8 Å². The maximum atomic E-state index is 11.6. The van der Waals surface area contributed by atoms with Gasteiger partial charge in [0, 0.05) is 12.6 Å². The maximum absolute atomic E-state index is 11.6. The zero-order valence-electron chi connectivity index (χ0n) is 12.3. The molecule has 0 radical (unpaired) electrons. The summed E-state index contributed by atoms with van der Waals surface area (Å²) in [6, 6.07) is 5.11. The highest BCUT2D eigenvalue weighted by molar-refractivity contribution is 6.32. The summed E-state index contributed by atoms with van der Waals surface area (Å²) in [5, 5.41) is 14.4. The van der Waals surface area contributed by atoms with Crippen LogP contribution >= 0.6 is 11.6 Å². The zero-order chi connectivity index (χ0) is 15.7. The van der Waals surface area contributed by atoms with Gasteiger partial charge in [0.2, 0.25) is 0 Å².